The lowest BCUT2D eigenvalue weighted by Gasteiger charge is -2.21. The standard InChI is InChI=1S/C70H136O17P2/c1-8-9-10-11-12-13-14-20-23-29-37-44-51-67(72)80-57-65(86-69(74)53-46-39-30-24-21-18-16-15-17-19-22-27-34-41-48-61(2)3)59-84-88(76,77)82-55-64(71)56-83-89(78,79)85-60-66(58-81-68(73)52-45-38-33-32-36-43-50-63(6)7)87-70(75)54-47-40-31-26-25-28-35-42-49-62(4)5/h61-66,71H,8-60H2,1-7H3,(H,76,77)(H,78,79)/t64-,65-,66-/m1/s1. The molecule has 0 aromatic carbocycles. The van der Waals surface area contributed by atoms with E-state index in [9.17, 15) is 43.2 Å². The molecule has 528 valence electrons. The molecule has 0 bridgehead atoms. The second kappa shape index (κ2) is 61.0. The smallest absolute Gasteiger partial charge is 0.462 e. The van der Waals surface area contributed by atoms with Crippen molar-refractivity contribution in [2.45, 2.75) is 369 Å². The van der Waals surface area contributed by atoms with Crippen LogP contribution in [0.4, 0.5) is 0 Å². The summed E-state index contributed by atoms with van der Waals surface area (Å²) >= 11 is 0. The third-order valence-electron chi connectivity index (χ3n) is 16.1. The lowest BCUT2D eigenvalue weighted by atomic mass is 10.0. The molecule has 0 heterocycles. The number of aliphatic hydroxyl groups is 1. The van der Waals surface area contributed by atoms with Crippen LogP contribution in [0.15, 0.2) is 0 Å². The fourth-order valence-electron chi connectivity index (χ4n) is 10.5. The Bertz CT molecular complexity index is 1750. The van der Waals surface area contributed by atoms with Gasteiger partial charge in [-0.1, -0.05) is 299 Å². The Morgan fingerprint density at radius 3 is 0.764 bits per heavy atom. The van der Waals surface area contributed by atoms with Crippen molar-refractivity contribution >= 4 is 39.5 Å². The van der Waals surface area contributed by atoms with E-state index in [-0.39, 0.29) is 25.7 Å². The normalized spacial score (nSPS) is 14.2. The first-order valence-corrected chi connectivity index (χ1v) is 39.3. The third-order valence-corrected chi connectivity index (χ3v) is 18.0. The summed E-state index contributed by atoms with van der Waals surface area (Å²) in [5.41, 5.74) is 0. The molecule has 3 N–H and O–H groups in total. The summed E-state index contributed by atoms with van der Waals surface area (Å²) in [7, 11) is -9.90. The molecule has 0 spiro atoms. The molecule has 89 heavy (non-hydrogen) atoms. The van der Waals surface area contributed by atoms with Gasteiger partial charge in [-0.2, -0.15) is 0 Å². The van der Waals surface area contributed by atoms with Crippen LogP contribution < -0.4 is 0 Å². The number of hydrogen-bond acceptors (Lipinski definition) is 15. The summed E-state index contributed by atoms with van der Waals surface area (Å²) < 4.78 is 68.2. The highest BCUT2D eigenvalue weighted by molar-refractivity contribution is 7.47. The molecule has 0 aliphatic heterocycles. The molecule has 19 heteroatoms. The highest BCUT2D eigenvalue weighted by Crippen LogP contribution is 2.45. The number of ether oxygens (including phenoxy) is 4. The summed E-state index contributed by atoms with van der Waals surface area (Å²) in [6.45, 7) is 11.7. The molecule has 0 aliphatic rings. The number of rotatable bonds is 68. The van der Waals surface area contributed by atoms with Crippen LogP contribution in [0.1, 0.15) is 350 Å². The Labute approximate surface area is 543 Å². The van der Waals surface area contributed by atoms with E-state index < -0.39 is 97.5 Å². The maximum Gasteiger partial charge on any atom is 0.472 e. The van der Waals surface area contributed by atoms with Crippen molar-refractivity contribution in [3.8, 4) is 0 Å². The van der Waals surface area contributed by atoms with Gasteiger partial charge in [-0.05, 0) is 43.4 Å². The van der Waals surface area contributed by atoms with Gasteiger partial charge in [0.1, 0.15) is 19.3 Å². The van der Waals surface area contributed by atoms with Crippen molar-refractivity contribution in [3.63, 3.8) is 0 Å². The number of carbonyl (C=O) groups is 4. The minimum Gasteiger partial charge on any atom is -0.462 e. The van der Waals surface area contributed by atoms with Gasteiger partial charge in [0.25, 0.3) is 0 Å². The van der Waals surface area contributed by atoms with Gasteiger partial charge in [-0.15, -0.1) is 0 Å². The predicted octanol–water partition coefficient (Wildman–Crippen LogP) is 19.8. The van der Waals surface area contributed by atoms with Crippen molar-refractivity contribution in [1.82, 2.24) is 0 Å². The molecule has 0 radical (unpaired) electrons. The van der Waals surface area contributed by atoms with Crippen LogP contribution in [0, 0.1) is 17.8 Å². The van der Waals surface area contributed by atoms with Gasteiger partial charge < -0.3 is 33.8 Å². The summed E-state index contributed by atoms with van der Waals surface area (Å²) in [6.07, 6.45) is 44.6. The number of aliphatic hydroxyl groups excluding tert-OH is 1. The van der Waals surface area contributed by atoms with E-state index in [1.165, 1.54) is 154 Å². The van der Waals surface area contributed by atoms with Gasteiger partial charge in [-0.25, -0.2) is 9.13 Å². The number of hydrogen-bond donors (Lipinski definition) is 3. The quantitative estimate of drug-likeness (QED) is 0.0222. The molecular weight excluding hydrogens is 1170 g/mol. The SMILES string of the molecule is CCCCCCCCCCCCCCC(=O)OC[C@H](COP(=O)(O)OC[C@@H](O)COP(=O)(O)OC[C@@H](COC(=O)CCCCCCCCC(C)C)OC(=O)CCCCCCCCCCC(C)C)OC(=O)CCCCCCCCCCCCCCCCC(C)C. The molecule has 0 aromatic rings. The van der Waals surface area contributed by atoms with E-state index in [4.69, 9.17) is 37.0 Å². The van der Waals surface area contributed by atoms with Crippen molar-refractivity contribution < 1.29 is 80.2 Å². The number of esters is 4. The molecule has 17 nitrogen and oxygen atoms in total. The zero-order chi connectivity index (χ0) is 65.9. The minimum absolute atomic E-state index is 0.103. The van der Waals surface area contributed by atoms with Gasteiger partial charge in [0.15, 0.2) is 12.2 Å². The molecule has 2 unspecified atom stereocenters. The summed E-state index contributed by atoms with van der Waals surface area (Å²) in [4.78, 5) is 72.5. The van der Waals surface area contributed by atoms with Gasteiger partial charge >= 0.3 is 39.5 Å². The predicted molar refractivity (Wildman–Crippen MR) is 358 cm³/mol. The van der Waals surface area contributed by atoms with Gasteiger partial charge in [0, 0.05) is 25.7 Å². The highest BCUT2D eigenvalue weighted by Gasteiger charge is 2.30. The van der Waals surface area contributed by atoms with Crippen LogP contribution in [0.2, 0.25) is 0 Å². The van der Waals surface area contributed by atoms with Gasteiger partial charge in [0.05, 0.1) is 26.4 Å². The highest BCUT2D eigenvalue weighted by atomic mass is 31.2. The minimum atomic E-state index is -4.95. The summed E-state index contributed by atoms with van der Waals surface area (Å²) in [5, 5.41) is 10.6. The molecular formula is C70H136O17P2. The van der Waals surface area contributed by atoms with E-state index >= 15 is 0 Å². The van der Waals surface area contributed by atoms with Crippen LogP contribution in [-0.4, -0.2) is 96.7 Å². The molecule has 0 amide bonds. The van der Waals surface area contributed by atoms with Crippen molar-refractivity contribution in [2.75, 3.05) is 39.6 Å². The third kappa shape index (κ3) is 64.6. The second-order valence-electron chi connectivity index (χ2n) is 26.7. The first kappa shape index (κ1) is 87.1. The number of phosphoric acid groups is 2. The maximum atomic E-state index is 13.0. The first-order valence-electron chi connectivity index (χ1n) is 36.3. The Hall–Kier alpha value is -1.94. The zero-order valence-corrected chi connectivity index (χ0v) is 59.7. The van der Waals surface area contributed by atoms with Crippen molar-refractivity contribution in [3.05, 3.63) is 0 Å². The zero-order valence-electron chi connectivity index (χ0n) is 57.9. The van der Waals surface area contributed by atoms with E-state index in [0.717, 1.165) is 108 Å². The molecule has 0 aliphatic carbocycles. The van der Waals surface area contributed by atoms with Crippen LogP contribution in [0.25, 0.3) is 0 Å². The van der Waals surface area contributed by atoms with Crippen molar-refractivity contribution in [2.24, 2.45) is 17.8 Å². The maximum absolute atomic E-state index is 13.0. The fourth-order valence-corrected chi connectivity index (χ4v) is 12.1. The number of phosphoric ester groups is 2. The molecule has 0 rings (SSSR count). The van der Waals surface area contributed by atoms with E-state index in [2.05, 4.69) is 48.5 Å². The molecule has 5 atom stereocenters. The van der Waals surface area contributed by atoms with E-state index in [1.54, 1.807) is 0 Å². The largest absolute Gasteiger partial charge is 0.472 e. The van der Waals surface area contributed by atoms with Crippen LogP contribution in [-0.2, 0) is 65.4 Å². The van der Waals surface area contributed by atoms with Crippen LogP contribution in [0.5, 0.6) is 0 Å². The Morgan fingerprint density at radius 2 is 0.517 bits per heavy atom. The number of unbranched alkanes of at least 4 members (excludes halogenated alkanes) is 36. The van der Waals surface area contributed by atoms with Gasteiger partial charge in [-0.3, -0.25) is 37.3 Å². The molecule has 0 fully saturated rings. The lowest BCUT2D eigenvalue weighted by molar-refractivity contribution is -0.161. The van der Waals surface area contributed by atoms with E-state index in [0.29, 0.717) is 31.6 Å². The topological polar surface area (TPSA) is 237 Å². The van der Waals surface area contributed by atoms with Crippen LogP contribution in [0.3, 0.4) is 0 Å². The van der Waals surface area contributed by atoms with Crippen molar-refractivity contribution in [1.29, 1.82) is 0 Å². The number of carbonyl (C=O) groups excluding carboxylic acids is 4. The molecule has 0 aromatic heterocycles. The molecule has 0 saturated carbocycles. The lowest BCUT2D eigenvalue weighted by Crippen LogP contribution is -2.30. The van der Waals surface area contributed by atoms with Gasteiger partial charge in [0.2, 0.25) is 0 Å². The Balaban J connectivity index is 5.23. The second-order valence-corrected chi connectivity index (χ2v) is 29.6. The van der Waals surface area contributed by atoms with Crippen LogP contribution >= 0.6 is 15.6 Å². The van der Waals surface area contributed by atoms with E-state index in [1.807, 2.05) is 0 Å². The summed E-state index contributed by atoms with van der Waals surface area (Å²) in [6, 6.07) is 0. The Kier molecular flexibility index (Phi) is 59.6. The molecule has 0 saturated heterocycles. The first-order chi connectivity index (χ1) is 42.7. The fraction of sp³-hybridized carbons (Fsp3) is 0.943. The summed E-state index contributed by atoms with van der Waals surface area (Å²) in [5.74, 6) is 0.0640. The average molecular weight is 1310 g/mol. The monoisotopic (exact) mass is 1310 g/mol. The average Bonchev–Trinajstić information content (AvgIpc) is 3.61. The Morgan fingerprint density at radius 1 is 0.303 bits per heavy atom.